The van der Waals surface area contributed by atoms with Crippen LogP contribution in [-0.4, -0.2) is 35.9 Å². The fraction of sp³-hybridized carbons (Fsp3) is 0.229. The second-order valence-corrected chi connectivity index (χ2v) is 12.0. The van der Waals surface area contributed by atoms with E-state index in [2.05, 4.69) is 16.7 Å². The topological polar surface area (TPSA) is 84.1 Å². The average molecular weight is 642 g/mol. The van der Waals surface area contributed by atoms with Crippen molar-refractivity contribution in [2.45, 2.75) is 33.4 Å². The molecule has 6 rings (SSSR count). The lowest BCUT2D eigenvalue weighted by atomic mass is 9.95. The van der Waals surface area contributed by atoms with Gasteiger partial charge in [-0.15, -0.1) is 0 Å². The maximum atomic E-state index is 14.4. The lowest BCUT2D eigenvalue weighted by Crippen LogP contribution is -2.40. The van der Waals surface area contributed by atoms with E-state index >= 15 is 0 Å². The van der Waals surface area contributed by atoms with E-state index in [-0.39, 0.29) is 17.7 Å². The molecule has 0 saturated heterocycles. The highest BCUT2D eigenvalue weighted by Gasteiger charge is 2.35. The van der Waals surface area contributed by atoms with Crippen molar-refractivity contribution in [3.05, 3.63) is 125 Å². The quantitative estimate of drug-likeness (QED) is 0.201. The molecule has 5 aromatic rings. The zero-order chi connectivity index (χ0) is 31.8. The zero-order valence-corrected chi connectivity index (χ0v) is 27.2. The van der Waals surface area contributed by atoms with Gasteiger partial charge in [0.15, 0.2) is 4.80 Å². The molecule has 1 aliphatic rings. The first kappa shape index (κ1) is 30.4. The van der Waals surface area contributed by atoms with E-state index in [1.165, 1.54) is 11.3 Å². The van der Waals surface area contributed by atoms with Crippen molar-refractivity contribution in [1.29, 1.82) is 0 Å². The van der Waals surface area contributed by atoms with Crippen molar-refractivity contribution in [1.82, 2.24) is 9.13 Å². The number of para-hydroxylation sites is 1. The van der Waals surface area contributed by atoms with Gasteiger partial charge < -0.3 is 18.8 Å². The monoisotopic (exact) mass is 641 g/mol. The number of carbonyl (C=O) groups is 1. The second kappa shape index (κ2) is 12.4. The molecule has 1 aliphatic heterocycles. The number of rotatable bonds is 8. The molecule has 0 N–H and O–H groups in total. The minimum atomic E-state index is -0.814. The first-order valence-electron chi connectivity index (χ1n) is 14.5. The first-order chi connectivity index (χ1) is 21.8. The van der Waals surface area contributed by atoms with E-state index < -0.39 is 12.0 Å². The molecule has 0 aliphatic carbocycles. The van der Waals surface area contributed by atoms with Gasteiger partial charge in [-0.25, -0.2) is 9.79 Å². The molecule has 8 nitrogen and oxygen atoms in total. The van der Waals surface area contributed by atoms with Crippen LogP contribution in [0.2, 0.25) is 5.02 Å². The van der Waals surface area contributed by atoms with E-state index in [4.69, 9.17) is 30.8 Å². The van der Waals surface area contributed by atoms with Crippen LogP contribution in [0.15, 0.2) is 87.8 Å². The average Bonchev–Trinajstić information content (AvgIpc) is 3.49. The Labute approximate surface area is 269 Å². The SMILES string of the molecule is CCOC(=O)C1=C(C)N=c2s/c(=C\c3c(C)n(Cc4ccccc4Cl)c4ccccc34)c(=O)n2[C@@H]1c1ccc(OC)cc1OC. The lowest BCUT2D eigenvalue weighted by molar-refractivity contribution is -0.139. The summed E-state index contributed by atoms with van der Waals surface area (Å²) in [7, 11) is 3.11. The second-order valence-electron chi connectivity index (χ2n) is 10.6. The molecule has 3 aromatic carbocycles. The molecule has 1 atom stereocenters. The third-order valence-electron chi connectivity index (χ3n) is 8.09. The molecule has 0 fully saturated rings. The number of allylic oxidation sites excluding steroid dienone is 1. The minimum Gasteiger partial charge on any atom is -0.497 e. The summed E-state index contributed by atoms with van der Waals surface area (Å²) >= 11 is 7.82. The molecule has 0 radical (unpaired) electrons. The maximum Gasteiger partial charge on any atom is 0.338 e. The molecular weight excluding hydrogens is 610 g/mol. The third kappa shape index (κ3) is 5.36. The van der Waals surface area contributed by atoms with Crippen LogP contribution in [0.3, 0.4) is 0 Å². The van der Waals surface area contributed by atoms with Crippen molar-refractivity contribution in [3.8, 4) is 11.5 Å². The van der Waals surface area contributed by atoms with Gasteiger partial charge in [0.1, 0.15) is 17.5 Å². The third-order valence-corrected chi connectivity index (χ3v) is 9.45. The number of esters is 1. The molecular formula is C35H32ClN3O5S. The van der Waals surface area contributed by atoms with Crippen LogP contribution in [0.1, 0.15) is 42.3 Å². The number of thiazole rings is 1. The van der Waals surface area contributed by atoms with Gasteiger partial charge in [-0.1, -0.05) is 59.3 Å². The van der Waals surface area contributed by atoms with Crippen LogP contribution in [-0.2, 0) is 16.1 Å². The minimum absolute atomic E-state index is 0.185. The first-order valence-corrected chi connectivity index (χ1v) is 15.7. The molecule has 3 heterocycles. The highest BCUT2D eigenvalue weighted by molar-refractivity contribution is 7.07. The smallest absolute Gasteiger partial charge is 0.338 e. The van der Waals surface area contributed by atoms with E-state index in [0.29, 0.717) is 43.7 Å². The summed E-state index contributed by atoms with van der Waals surface area (Å²) in [6.07, 6.45) is 1.93. The van der Waals surface area contributed by atoms with Crippen molar-refractivity contribution in [2.75, 3.05) is 20.8 Å². The molecule has 0 unspecified atom stereocenters. The van der Waals surface area contributed by atoms with Gasteiger partial charge in [0.2, 0.25) is 0 Å². The molecule has 0 saturated carbocycles. The Morgan fingerprint density at radius 2 is 1.80 bits per heavy atom. The molecule has 10 heteroatoms. The summed E-state index contributed by atoms with van der Waals surface area (Å²) in [5.41, 5.74) is 5.10. The number of halogens is 1. The number of nitrogens with zero attached hydrogens (tertiary/aromatic N) is 3. The van der Waals surface area contributed by atoms with Crippen LogP contribution < -0.4 is 24.4 Å². The molecule has 0 bridgehead atoms. The van der Waals surface area contributed by atoms with Gasteiger partial charge >= 0.3 is 5.97 Å². The van der Waals surface area contributed by atoms with Gasteiger partial charge in [0.25, 0.3) is 5.56 Å². The predicted molar refractivity (Wildman–Crippen MR) is 177 cm³/mol. The zero-order valence-electron chi connectivity index (χ0n) is 25.6. The van der Waals surface area contributed by atoms with E-state index in [9.17, 15) is 9.59 Å². The molecule has 0 amide bonds. The summed E-state index contributed by atoms with van der Waals surface area (Å²) in [4.78, 5) is 32.9. The van der Waals surface area contributed by atoms with Crippen LogP contribution in [0, 0.1) is 6.92 Å². The van der Waals surface area contributed by atoms with Crippen molar-refractivity contribution in [3.63, 3.8) is 0 Å². The van der Waals surface area contributed by atoms with Crippen LogP contribution >= 0.6 is 22.9 Å². The number of hydrogen-bond acceptors (Lipinski definition) is 7. The highest BCUT2D eigenvalue weighted by Crippen LogP contribution is 2.38. The van der Waals surface area contributed by atoms with Gasteiger partial charge in [-0.3, -0.25) is 9.36 Å². The molecule has 230 valence electrons. The maximum absolute atomic E-state index is 14.4. The van der Waals surface area contributed by atoms with Crippen molar-refractivity contribution >= 4 is 45.9 Å². The Morgan fingerprint density at radius 1 is 1.04 bits per heavy atom. The van der Waals surface area contributed by atoms with Crippen LogP contribution in [0.25, 0.3) is 17.0 Å². The number of hydrogen-bond donors (Lipinski definition) is 0. The standard InChI is InChI=1S/C35H32ClN3O5S/c1-6-44-34(41)31-20(2)37-35-39(32(31)25-16-15-23(42-4)17-29(25)43-5)33(40)30(45-35)18-26-21(3)38(28-14-10-8-12-24(26)28)19-22-11-7-9-13-27(22)36/h7-18,32H,6,19H2,1-5H3/b30-18-/t32-/m1/s1. The van der Waals surface area contributed by atoms with Gasteiger partial charge in [-0.2, -0.15) is 0 Å². The van der Waals surface area contributed by atoms with E-state index in [0.717, 1.165) is 27.7 Å². The van der Waals surface area contributed by atoms with Crippen molar-refractivity contribution in [2.24, 2.45) is 4.99 Å². The Balaban J connectivity index is 1.57. The molecule has 2 aromatic heterocycles. The summed E-state index contributed by atoms with van der Waals surface area (Å²) in [5, 5.41) is 1.72. The van der Waals surface area contributed by atoms with E-state index in [1.807, 2.05) is 55.5 Å². The summed E-state index contributed by atoms with van der Waals surface area (Å²) < 4.78 is 20.9. The summed E-state index contributed by atoms with van der Waals surface area (Å²) in [5.74, 6) is 0.531. The van der Waals surface area contributed by atoms with E-state index in [1.54, 1.807) is 44.8 Å². The number of aromatic nitrogens is 2. The largest absolute Gasteiger partial charge is 0.497 e. The Morgan fingerprint density at radius 3 is 2.53 bits per heavy atom. The van der Waals surface area contributed by atoms with Gasteiger partial charge in [-0.05, 0) is 56.7 Å². The van der Waals surface area contributed by atoms with Crippen LogP contribution in [0.5, 0.6) is 11.5 Å². The predicted octanol–water partition coefficient (Wildman–Crippen LogP) is 5.78. The van der Waals surface area contributed by atoms with Gasteiger partial charge in [0, 0.05) is 45.4 Å². The number of methoxy groups -OCH3 is 2. The number of carbonyl (C=O) groups excluding carboxylic acids is 1. The Kier molecular flexibility index (Phi) is 8.40. The van der Waals surface area contributed by atoms with Crippen molar-refractivity contribution < 1.29 is 19.0 Å². The van der Waals surface area contributed by atoms with Crippen LogP contribution in [0.4, 0.5) is 0 Å². The molecule has 0 spiro atoms. The number of ether oxygens (including phenoxy) is 3. The Hall–Kier alpha value is -4.60. The Bertz CT molecular complexity index is 2180. The lowest BCUT2D eigenvalue weighted by Gasteiger charge is -2.26. The normalized spacial score (nSPS) is 14.8. The van der Waals surface area contributed by atoms with Gasteiger partial charge in [0.05, 0.1) is 36.6 Å². The number of benzene rings is 3. The number of fused-ring (bicyclic) bond motifs is 2. The summed E-state index contributed by atoms with van der Waals surface area (Å²) in [6, 6.07) is 20.4. The highest BCUT2D eigenvalue weighted by atomic mass is 35.5. The summed E-state index contributed by atoms with van der Waals surface area (Å²) in [6.45, 7) is 6.33. The fourth-order valence-electron chi connectivity index (χ4n) is 5.90. The fourth-order valence-corrected chi connectivity index (χ4v) is 7.13. The molecule has 45 heavy (non-hydrogen) atoms.